The lowest BCUT2D eigenvalue weighted by Gasteiger charge is -2.16. The molecule has 0 amide bonds. The first-order valence-corrected chi connectivity index (χ1v) is 8.48. The molecule has 0 aromatic heterocycles. The van der Waals surface area contributed by atoms with Crippen LogP contribution in [-0.4, -0.2) is 19.2 Å². The van der Waals surface area contributed by atoms with Crippen molar-refractivity contribution in [2.75, 3.05) is 13.2 Å². The van der Waals surface area contributed by atoms with Crippen LogP contribution in [0.2, 0.25) is 0 Å². The van der Waals surface area contributed by atoms with Gasteiger partial charge >= 0.3 is 5.97 Å². The molecule has 0 aliphatic carbocycles. The summed E-state index contributed by atoms with van der Waals surface area (Å²) < 4.78 is 16.5. The lowest BCUT2D eigenvalue weighted by Crippen LogP contribution is -2.17. The predicted octanol–water partition coefficient (Wildman–Crippen LogP) is 3.62. The number of hydrogen-bond acceptors (Lipinski definition) is 5. The third kappa shape index (κ3) is 5.80. The van der Waals surface area contributed by atoms with Gasteiger partial charge in [0.1, 0.15) is 6.61 Å². The lowest BCUT2D eigenvalue weighted by atomic mass is 10.0. The number of rotatable bonds is 9. The number of nitrogens with two attached hydrogens (primary N) is 1. The van der Waals surface area contributed by atoms with Crippen LogP contribution in [0.5, 0.6) is 11.5 Å². The molecule has 0 aliphatic heterocycles. The summed E-state index contributed by atoms with van der Waals surface area (Å²) in [5, 5.41) is 0. The second-order valence-electron chi connectivity index (χ2n) is 5.53. The molecule has 2 aromatic carbocycles. The quantitative estimate of drug-likeness (QED) is 0.704. The van der Waals surface area contributed by atoms with Crippen molar-refractivity contribution in [1.29, 1.82) is 0 Å². The number of esters is 1. The van der Waals surface area contributed by atoms with Gasteiger partial charge in [-0.15, -0.1) is 0 Å². The van der Waals surface area contributed by atoms with Gasteiger partial charge in [-0.1, -0.05) is 36.4 Å². The predicted molar refractivity (Wildman–Crippen MR) is 96.6 cm³/mol. The fourth-order valence-corrected chi connectivity index (χ4v) is 2.40. The third-order valence-corrected chi connectivity index (χ3v) is 3.62. The van der Waals surface area contributed by atoms with Crippen LogP contribution in [0, 0.1) is 0 Å². The van der Waals surface area contributed by atoms with E-state index in [0.29, 0.717) is 31.3 Å². The van der Waals surface area contributed by atoms with Crippen molar-refractivity contribution in [3.05, 3.63) is 59.7 Å². The van der Waals surface area contributed by atoms with E-state index in [9.17, 15) is 4.79 Å². The zero-order chi connectivity index (χ0) is 18.1. The zero-order valence-corrected chi connectivity index (χ0v) is 14.7. The summed E-state index contributed by atoms with van der Waals surface area (Å²) >= 11 is 0. The summed E-state index contributed by atoms with van der Waals surface area (Å²) in [5.41, 5.74) is 7.99. The highest BCUT2D eigenvalue weighted by molar-refractivity contribution is 5.70. The minimum atomic E-state index is -0.443. The van der Waals surface area contributed by atoms with Crippen LogP contribution in [0.25, 0.3) is 0 Å². The molecule has 0 radical (unpaired) electrons. The molecule has 134 valence electrons. The monoisotopic (exact) mass is 343 g/mol. The van der Waals surface area contributed by atoms with E-state index in [1.807, 2.05) is 55.5 Å². The van der Waals surface area contributed by atoms with E-state index in [1.165, 1.54) is 0 Å². The van der Waals surface area contributed by atoms with Gasteiger partial charge in [-0.2, -0.15) is 0 Å². The van der Waals surface area contributed by atoms with Crippen molar-refractivity contribution in [3.63, 3.8) is 0 Å². The van der Waals surface area contributed by atoms with Crippen LogP contribution in [0.15, 0.2) is 48.5 Å². The van der Waals surface area contributed by atoms with Crippen LogP contribution in [0.4, 0.5) is 0 Å². The van der Waals surface area contributed by atoms with Crippen molar-refractivity contribution in [3.8, 4) is 11.5 Å². The molecule has 2 rings (SSSR count). The van der Waals surface area contributed by atoms with E-state index in [-0.39, 0.29) is 12.4 Å². The van der Waals surface area contributed by atoms with Crippen molar-refractivity contribution >= 4 is 5.97 Å². The second-order valence-corrected chi connectivity index (χ2v) is 5.53. The first kappa shape index (κ1) is 18.8. The molecule has 2 N–H and O–H groups in total. The summed E-state index contributed by atoms with van der Waals surface area (Å²) in [6.45, 7) is 5.00. The van der Waals surface area contributed by atoms with Crippen molar-refractivity contribution in [1.82, 2.24) is 0 Å². The Balaban J connectivity index is 2.09. The average Bonchev–Trinajstić information content (AvgIpc) is 2.62. The molecule has 5 heteroatoms. The van der Waals surface area contributed by atoms with Gasteiger partial charge in [0.15, 0.2) is 11.5 Å². The first-order chi connectivity index (χ1) is 12.1. The largest absolute Gasteiger partial charge is 0.490 e. The van der Waals surface area contributed by atoms with E-state index in [4.69, 9.17) is 19.9 Å². The Bertz CT molecular complexity index is 673. The molecule has 0 fully saturated rings. The molecule has 0 aliphatic rings. The summed E-state index contributed by atoms with van der Waals surface area (Å²) in [6.07, 6.45) is 0.129. The van der Waals surface area contributed by atoms with Gasteiger partial charge in [0, 0.05) is 6.04 Å². The fraction of sp³-hybridized carbons (Fsp3) is 0.350. The Morgan fingerprint density at radius 3 is 2.44 bits per heavy atom. The second kappa shape index (κ2) is 9.69. The summed E-state index contributed by atoms with van der Waals surface area (Å²) in [6, 6.07) is 15.0. The number of benzene rings is 2. The number of hydrogen-bond donors (Lipinski definition) is 1. The van der Waals surface area contributed by atoms with Crippen molar-refractivity contribution in [2.45, 2.75) is 32.9 Å². The molecule has 0 saturated carbocycles. The number of ether oxygens (including phenoxy) is 3. The number of carbonyl (C=O) groups excluding carboxylic acids is 1. The molecule has 0 spiro atoms. The molecule has 1 atom stereocenters. The Morgan fingerprint density at radius 1 is 1.00 bits per heavy atom. The molecule has 0 unspecified atom stereocenters. The fourth-order valence-electron chi connectivity index (χ4n) is 2.40. The minimum Gasteiger partial charge on any atom is -0.490 e. The highest BCUT2D eigenvalue weighted by Crippen LogP contribution is 2.31. The normalized spacial score (nSPS) is 11.6. The third-order valence-electron chi connectivity index (χ3n) is 3.62. The smallest absolute Gasteiger partial charge is 0.307 e. The zero-order valence-electron chi connectivity index (χ0n) is 14.7. The van der Waals surface area contributed by atoms with Crippen LogP contribution < -0.4 is 15.2 Å². The Hall–Kier alpha value is -2.53. The Morgan fingerprint density at radius 2 is 1.76 bits per heavy atom. The lowest BCUT2D eigenvalue weighted by molar-refractivity contribution is -0.143. The highest BCUT2D eigenvalue weighted by atomic mass is 16.5. The molecule has 25 heavy (non-hydrogen) atoms. The SMILES string of the molecule is CCOC(=O)C[C@H](N)c1ccc(OCc2ccccc2)c(OCC)c1. The van der Waals surface area contributed by atoms with Gasteiger partial charge in [0.25, 0.3) is 0 Å². The van der Waals surface area contributed by atoms with Gasteiger partial charge < -0.3 is 19.9 Å². The van der Waals surface area contributed by atoms with E-state index < -0.39 is 6.04 Å². The van der Waals surface area contributed by atoms with Crippen LogP contribution >= 0.6 is 0 Å². The van der Waals surface area contributed by atoms with Gasteiger partial charge in [-0.25, -0.2) is 0 Å². The van der Waals surface area contributed by atoms with Crippen LogP contribution in [0.3, 0.4) is 0 Å². The van der Waals surface area contributed by atoms with Crippen molar-refractivity contribution in [2.24, 2.45) is 5.73 Å². The standard InChI is InChI=1S/C20H25NO4/c1-3-23-19-12-16(17(21)13-20(22)24-4-2)10-11-18(19)25-14-15-8-6-5-7-9-15/h5-12,17H,3-4,13-14,21H2,1-2H3/t17-/m0/s1. The molecular weight excluding hydrogens is 318 g/mol. The molecule has 0 saturated heterocycles. The van der Waals surface area contributed by atoms with Crippen LogP contribution in [-0.2, 0) is 16.1 Å². The molecule has 0 heterocycles. The summed E-state index contributed by atoms with van der Waals surface area (Å²) in [5.74, 6) is 0.963. The van der Waals surface area contributed by atoms with Crippen molar-refractivity contribution < 1.29 is 19.0 Å². The van der Waals surface area contributed by atoms with Gasteiger partial charge in [-0.05, 0) is 37.1 Å². The highest BCUT2D eigenvalue weighted by Gasteiger charge is 2.15. The van der Waals surface area contributed by atoms with E-state index >= 15 is 0 Å². The van der Waals surface area contributed by atoms with E-state index in [1.54, 1.807) is 6.92 Å². The van der Waals surface area contributed by atoms with E-state index in [0.717, 1.165) is 11.1 Å². The van der Waals surface area contributed by atoms with Gasteiger partial charge in [0.2, 0.25) is 0 Å². The molecule has 2 aromatic rings. The summed E-state index contributed by atoms with van der Waals surface area (Å²) in [7, 11) is 0. The summed E-state index contributed by atoms with van der Waals surface area (Å²) in [4.78, 5) is 11.6. The Kier molecular flexibility index (Phi) is 7.29. The van der Waals surface area contributed by atoms with E-state index in [2.05, 4.69) is 0 Å². The molecule has 0 bridgehead atoms. The molecule has 5 nitrogen and oxygen atoms in total. The average molecular weight is 343 g/mol. The topological polar surface area (TPSA) is 70.8 Å². The maximum absolute atomic E-state index is 11.6. The van der Waals surface area contributed by atoms with Gasteiger partial charge in [0.05, 0.1) is 19.6 Å². The van der Waals surface area contributed by atoms with Gasteiger partial charge in [-0.3, -0.25) is 4.79 Å². The maximum Gasteiger partial charge on any atom is 0.307 e. The molecular formula is C20H25NO4. The minimum absolute atomic E-state index is 0.129. The first-order valence-electron chi connectivity index (χ1n) is 8.48. The maximum atomic E-state index is 11.6. The Labute approximate surface area is 148 Å². The number of carbonyl (C=O) groups is 1. The van der Waals surface area contributed by atoms with Crippen LogP contribution in [0.1, 0.15) is 37.4 Å².